The summed E-state index contributed by atoms with van der Waals surface area (Å²) in [5.74, 6) is 1.34. The van der Waals surface area contributed by atoms with Crippen molar-refractivity contribution in [1.82, 2.24) is 25.3 Å². The predicted octanol–water partition coefficient (Wildman–Crippen LogP) is 5.23. The van der Waals surface area contributed by atoms with Gasteiger partial charge in [-0.25, -0.2) is 19.2 Å². The summed E-state index contributed by atoms with van der Waals surface area (Å²) in [7, 11) is 0. The molecule has 0 saturated carbocycles. The number of anilines is 1. The first-order valence-corrected chi connectivity index (χ1v) is 14.4. The van der Waals surface area contributed by atoms with Gasteiger partial charge in [-0.1, -0.05) is 12.1 Å². The zero-order valence-corrected chi connectivity index (χ0v) is 23.7. The van der Waals surface area contributed by atoms with Gasteiger partial charge >= 0.3 is 5.69 Å². The van der Waals surface area contributed by atoms with Crippen LogP contribution in [0.3, 0.4) is 0 Å². The molecule has 5 aromatic rings. The fraction of sp³-hybridized carbons (Fsp3) is 0.273. The Morgan fingerprint density at radius 2 is 1.98 bits per heavy atom. The van der Waals surface area contributed by atoms with Crippen LogP contribution in [0.4, 0.5) is 10.2 Å². The highest BCUT2D eigenvalue weighted by molar-refractivity contribution is 5.76. The van der Waals surface area contributed by atoms with E-state index in [0.717, 1.165) is 61.1 Å². The Bertz CT molecular complexity index is 1940. The van der Waals surface area contributed by atoms with E-state index in [-0.39, 0.29) is 16.9 Å². The molecule has 0 amide bonds. The predicted molar refractivity (Wildman–Crippen MR) is 162 cm³/mol. The molecule has 2 atom stereocenters. The van der Waals surface area contributed by atoms with Crippen LogP contribution in [0, 0.1) is 29.5 Å². The van der Waals surface area contributed by atoms with Crippen molar-refractivity contribution >= 4 is 16.9 Å². The summed E-state index contributed by atoms with van der Waals surface area (Å²) in [6, 6.07) is 18.3. The summed E-state index contributed by atoms with van der Waals surface area (Å²) >= 11 is 0. The lowest BCUT2D eigenvalue weighted by Gasteiger charge is -2.25. The van der Waals surface area contributed by atoms with Gasteiger partial charge < -0.3 is 24.9 Å². The van der Waals surface area contributed by atoms with E-state index in [9.17, 15) is 14.4 Å². The van der Waals surface area contributed by atoms with Gasteiger partial charge in [-0.2, -0.15) is 5.26 Å². The van der Waals surface area contributed by atoms with Crippen molar-refractivity contribution in [3.63, 3.8) is 0 Å². The molecule has 2 saturated heterocycles. The molecule has 2 aliphatic rings. The lowest BCUT2D eigenvalue weighted by molar-refractivity contribution is 0.359. The minimum atomic E-state index is -0.373. The number of aromatic nitrogens is 4. The van der Waals surface area contributed by atoms with Crippen LogP contribution in [0.5, 0.6) is 11.5 Å². The molecule has 10 heteroatoms. The molecular weight excluding hydrogens is 545 g/mol. The summed E-state index contributed by atoms with van der Waals surface area (Å²) in [6.07, 6.45) is 6.13. The van der Waals surface area contributed by atoms with Crippen molar-refractivity contribution in [2.45, 2.75) is 32.2 Å². The van der Waals surface area contributed by atoms with Gasteiger partial charge in [-0.15, -0.1) is 0 Å². The normalized spacial score (nSPS) is 19.7. The number of nitrogens with zero attached hydrogens (tertiary/aromatic N) is 4. The van der Waals surface area contributed by atoms with Gasteiger partial charge in [0.15, 0.2) is 11.6 Å². The quantitative estimate of drug-likeness (QED) is 0.254. The number of benzene rings is 3. The van der Waals surface area contributed by atoms with Crippen molar-refractivity contribution in [3.05, 3.63) is 100 Å². The van der Waals surface area contributed by atoms with Gasteiger partial charge in [-0.3, -0.25) is 0 Å². The standard InChI is InChI=1S/C33H30FN7O2/c1-20-10-22(15-35)2-5-25(20)26-13-23(34)4-7-29(26)43-30-16-36-19-38-31(30)41-9-8-33(18-41)14-24(37-17-33)11-21-3-6-27-28(12-21)40-32(42)39-27/h2-7,10,12-13,16,19,24,37H,8-9,11,14,17-18H2,1H3,(H2,39,40,42). The van der Waals surface area contributed by atoms with Crippen LogP contribution in [-0.2, 0) is 6.42 Å². The lowest BCUT2D eigenvalue weighted by atomic mass is 9.83. The molecule has 0 bridgehead atoms. The smallest absolute Gasteiger partial charge is 0.323 e. The first-order chi connectivity index (χ1) is 20.9. The maximum Gasteiger partial charge on any atom is 0.323 e. The minimum absolute atomic E-state index is 0.111. The van der Waals surface area contributed by atoms with E-state index < -0.39 is 0 Å². The first kappa shape index (κ1) is 26.9. The highest BCUT2D eigenvalue weighted by Gasteiger charge is 2.44. The van der Waals surface area contributed by atoms with Gasteiger partial charge in [0.05, 0.1) is 28.9 Å². The maximum atomic E-state index is 14.4. The Morgan fingerprint density at radius 1 is 1.09 bits per heavy atom. The zero-order valence-electron chi connectivity index (χ0n) is 23.7. The topological polar surface area (TPSA) is 123 Å². The molecule has 43 heavy (non-hydrogen) atoms. The number of halogens is 1. The molecule has 9 nitrogen and oxygen atoms in total. The Labute approximate surface area is 247 Å². The second-order valence-corrected chi connectivity index (χ2v) is 11.7. The van der Waals surface area contributed by atoms with E-state index in [1.165, 1.54) is 24.0 Å². The van der Waals surface area contributed by atoms with Gasteiger partial charge in [0.1, 0.15) is 17.9 Å². The Hall–Kier alpha value is -5.01. The number of hydrogen-bond acceptors (Lipinski definition) is 7. The van der Waals surface area contributed by atoms with Gasteiger partial charge in [0.25, 0.3) is 0 Å². The van der Waals surface area contributed by atoms with Gasteiger partial charge in [0, 0.05) is 36.7 Å². The average molecular weight is 576 g/mol. The number of fused-ring (bicyclic) bond motifs is 1. The van der Waals surface area contributed by atoms with Crippen molar-refractivity contribution in [1.29, 1.82) is 5.26 Å². The fourth-order valence-corrected chi connectivity index (χ4v) is 6.67. The zero-order chi connectivity index (χ0) is 29.6. The molecule has 2 aromatic heterocycles. The number of aryl methyl sites for hydroxylation is 1. The van der Waals surface area contributed by atoms with E-state index in [4.69, 9.17) is 4.74 Å². The molecular formula is C33H30FN7O2. The summed E-state index contributed by atoms with van der Waals surface area (Å²) in [4.78, 5) is 28.4. The Morgan fingerprint density at radius 3 is 2.84 bits per heavy atom. The molecule has 216 valence electrons. The monoisotopic (exact) mass is 575 g/mol. The number of aromatic amines is 2. The number of nitrogens with one attached hydrogen (secondary N) is 3. The van der Waals surface area contributed by atoms with Crippen LogP contribution in [0.1, 0.15) is 29.5 Å². The van der Waals surface area contributed by atoms with Crippen LogP contribution in [0.2, 0.25) is 0 Å². The highest BCUT2D eigenvalue weighted by atomic mass is 19.1. The van der Waals surface area contributed by atoms with Crippen LogP contribution < -0.4 is 20.6 Å². The molecule has 1 spiro atoms. The fourth-order valence-electron chi connectivity index (χ4n) is 6.67. The van der Waals surface area contributed by atoms with Crippen molar-refractivity contribution in [2.75, 3.05) is 24.5 Å². The number of nitriles is 1. The Kier molecular flexibility index (Phi) is 6.67. The third-order valence-corrected chi connectivity index (χ3v) is 8.71. The highest BCUT2D eigenvalue weighted by Crippen LogP contribution is 2.44. The van der Waals surface area contributed by atoms with E-state index in [1.54, 1.807) is 24.4 Å². The third kappa shape index (κ3) is 5.24. The Balaban J connectivity index is 1.09. The van der Waals surface area contributed by atoms with Gasteiger partial charge in [-0.05, 0) is 85.3 Å². The molecule has 4 heterocycles. The maximum absolute atomic E-state index is 14.4. The third-order valence-electron chi connectivity index (χ3n) is 8.71. The summed E-state index contributed by atoms with van der Waals surface area (Å²) in [6.45, 7) is 4.48. The van der Waals surface area contributed by atoms with Crippen molar-refractivity contribution < 1.29 is 9.13 Å². The number of hydrogen-bond donors (Lipinski definition) is 3. The van der Waals surface area contributed by atoms with Crippen LogP contribution in [-0.4, -0.2) is 45.6 Å². The number of rotatable bonds is 6. The van der Waals surface area contributed by atoms with E-state index >= 15 is 0 Å². The van der Waals surface area contributed by atoms with Crippen molar-refractivity contribution in [2.24, 2.45) is 5.41 Å². The summed E-state index contributed by atoms with van der Waals surface area (Å²) < 4.78 is 20.8. The largest absolute Gasteiger partial charge is 0.451 e. The second-order valence-electron chi connectivity index (χ2n) is 11.7. The van der Waals surface area contributed by atoms with Crippen LogP contribution in [0.25, 0.3) is 22.2 Å². The lowest BCUT2D eigenvalue weighted by Crippen LogP contribution is -2.29. The van der Waals surface area contributed by atoms with E-state index in [2.05, 4.69) is 48.4 Å². The molecule has 0 aliphatic carbocycles. The van der Waals surface area contributed by atoms with E-state index in [1.807, 2.05) is 19.1 Å². The molecule has 3 N–H and O–H groups in total. The average Bonchev–Trinajstić information content (AvgIpc) is 3.71. The van der Waals surface area contributed by atoms with Crippen molar-refractivity contribution in [3.8, 4) is 28.7 Å². The van der Waals surface area contributed by atoms with Crippen LogP contribution in [0.15, 0.2) is 71.9 Å². The van der Waals surface area contributed by atoms with Crippen LogP contribution >= 0.6 is 0 Å². The molecule has 3 aromatic carbocycles. The molecule has 2 fully saturated rings. The first-order valence-electron chi connectivity index (χ1n) is 14.4. The summed E-state index contributed by atoms with van der Waals surface area (Å²) in [5.41, 5.74) is 5.54. The molecule has 2 unspecified atom stereocenters. The minimum Gasteiger partial charge on any atom is -0.451 e. The SMILES string of the molecule is Cc1cc(C#N)ccc1-c1cc(F)ccc1Oc1cncnc1N1CCC2(CNC(Cc3ccc4[nH]c(=O)[nH]c4c3)C2)C1. The summed E-state index contributed by atoms with van der Waals surface area (Å²) in [5, 5.41) is 13.0. The molecule has 7 rings (SSSR count). The van der Waals surface area contributed by atoms with Gasteiger partial charge in [0.2, 0.25) is 0 Å². The number of H-pyrrole nitrogens is 2. The molecule has 0 radical (unpaired) electrons. The number of ether oxygens (including phenoxy) is 1. The molecule has 2 aliphatic heterocycles. The van der Waals surface area contributed by atoms with E-state index in [0.29, 0.717) is 34.5 Å². The number of imidazole rings is 1. The second kappa shape index (κ2) is 10.7.